The molecular weight excluding hydrogens is 213 g/mol. The fraction of sp³-hybridized carbons (Fsp3) is 0.500. The molecule has 0 atom stereocenters. The summed E-state index contributed by atoms with van der Waals surface area (Å²) in [6, 6.07) is 0. The Labute approximate surface area is 65.6 Å². The molecular formula is C4H8O4Ru. The normalized spacial score (nSPS) is 5.56. The van der Waals surface area contributed by atoms with Crippen molar-refractivity contribution in [3.8, 4) is 0 Å². The molecule has 0 aromatic rings. The third-order valence-corrected chi connectivity index (χ3v) is 0. The number of hydrogen-bond donors (Lipinski definition) is 2. The van der Waals surface area contributed by atoms with E-state index >= 15 is 0 Å². The third-order valence-electron chi connectivity index (χ3n) is 0. The maximum Gasteiger partial charge on any atom is 0.300 e. The van der Waals surface area contributed by atoms with Gasteiger partial charge in [-0.15, -0.1) is 0 Å². The van der Waals surface area contributed by atoms with E-state index in [-0.39, 0.29) is 19.5 Å². The van der Waals surface area contributed by atoms with Crippen LogP contribution in [0.2, 0.25) is 0 Å². The third kappa shape index (κ3) is 1230. The fourth-order valence-electron chi connectivity index (χ4n) is 0. The summed E-state index contributed by atoms with van der Waals surface area (Å²) in [5, 5.41) is 14.8. The summed E-state index contributed by atoms with van der Waals surface area (Å²) in [7, 11) is 0. The van der Waals surface area contributed by atoms with Crippen LogP contribution in [-0.4, -0.2) is 22.2 Å². The van der Waals surface area contributed by atoms with Gasteiger partial charge in [-0.25, -0.2) is 0 Å². The Morgan fingerprint density at radius 2 is 1.00 bits per heavy atom. The van der Waals surface area contributed by atoms with E-state index in [2.05, 4.69) is 0 Å². The molecule has 0 rings (SSSR count). The van der Waals surface area contributed by atoms with E-state index in [1.165, 1.54) is 0 Å². The minimum atomic E-state index is -0.833. The molecule has 0 aliphatic rings. The Bertz CT molecular complexity index is 70.6. The zero-order valence-corrected chi connectivity index (χ0v) is 6.80. The van der Waals surface area contributed by atoms with Crippen LogP contribution in [0.3, 0.4) is 0 Å². The second kappa shape index (κ2) is 10.5. The molecule has 0 amide bonds. The van der Waals surface area contributed by atoms with Gasteiger partial charge in [-0.2, -0.15) is 0 Å². The van der Waals surface area contributed by atoms with Crippen LogP contribution in [-0.2, 0) is 29.1 Å². The van der Waals surface area contributed by atoms with Gasteiger partial charge < -0.3 is 10.2 Å². The number of hydrogen-bond acceptors (Lipinski definition) is 2. The minimum absolute atomic E-state index is 0. The summed E-state index contributed by atoms with van der Waals surface area (Å²) < 4.78 is 0. The van der Waals surface area contributed by atoms with Crippen LogP contribution in [0.15, 0.2) is 0 Å². The van der Waals surface area contributed by atoms with Gasteiger partial charge in [0.25, 0.3) is 11.9 Å². The molecule has 56 valence electrons. The zero-order valence-electron chi connectivity index (χ0n) is 5.06. The topological polar surface area (TPSA) is 74.6 Å². The van der Waals surface area contributed by atoms with Crippen molar-refractivity contribution < 1.29 is 39.3 Å². The number of carboxylic acid groups (broad SMARTS) is 2. The Kier molecular flexibility index (Phi) is 18.5. The molecule has 0 aliphatic carbocycles. The second-order valence-corrected chi connectivity index (χ2v) is 1.04. The monoisotopic (exact) mass is 222 g/mol. The Hall–Kier alpha value is -0.437. The van der Waals surface area contributed by atoms with Crippen molar-refractivity contribution in [3.05, 3.63) is 0 Å². The average Bonchev–Trinajstić information content (AvgIpc) is 1.25. The van der Waals surface area contributed by atoms with Crippen molar-refractivity contribution >= 4 is 11.9 Å². The van der Waals surface area contributed by atoms with Crippen LogP contribution in [0.25, 0.3) is 0 Å². The maximum absolute atomic E-state index is 9.00. The standard InChI is InChI=1S/2C2H4O2.Ru/c2*1-2(3)4;/h2*1H3,(H,3,4);. The van der Waals surface area contributed by atoms with Crippen molar-refractivity contribution in [2.75, 3.05) is 0 Å². The molecule has 0 radical (unpaired) electrons. The molecule has 0 fully saturated rings. The van der Waals surface area contributed by atoms with Gasteiger partial charge in [-0.1, -0.05) is 0 Å². The van der Waals surface area contributed by atoms with Gasteiger partial charge in [-0.3, -0.25) is 9.59 Å². The SMILES string of the molecule is CC(=O)O.CC(=O)O.[Ru]. The molecule has 0 aliphatic heterocycles. The van der Waals surface area contributed by atoms with E-state index in [0.717, 1.165) is 13.8 Å². The molecule has 0 bridgehead atoms. The van der Waals surface area contributed by atoms with Crippen LogP contribution in [0, 0.1) is 0 Å². The summed E-state index contributed by atoms with van der Waals surface area (Å²) in [5.74, 6) is -1.67. The van der Waals surface area contributed by atoms with Crippen LogP contribution >= 0.6 is 0 Å². The molecule has 0 aromatic heterocycles. The first kappa shape index (κ1) is 15.8. The van der Waals surface area contributed by atoms with E-state index in [9.17, 15) is 0 Å². The van der Waals surface area contributed by atoms with E-state index < -0.39 is 11.9 Å². The number of carbonyl (C=O) groups is 2. The van der Waals surface area contributed by atoms with Gasteiger partial charge in [0.2, 0.25) is 0 Å². The van der Waals surface area contributed by atoms with Gasteiger partial charge in [0.1, 0.15) is 0 Å². The maximum atomic E-state index is 9.00. The molecule has 0 unspecified atom stereocenters. The molecule has 0 saturated heterocycles. The van der Waals surface area contributed by atoms with Crippen molar-refractivity contribution in [2.24, 2.45) is 0 Å². The molecule has 4 nitrogen and oxygen atoms in total. The predicted molar refractivity (Wildman–Crippen MR) is 26.6 cm³/mol. The van der Waals surface area contributed by atoms with Gasteiger partial charge in [0.15, 0.2) is 0 Å². The summed E-state index contributed by atoms with van der Waals surface area (Å²) in [6.45, 7) is 2.17. The zero-order chi connectivity index (χ0) is 7.15. The Morgan fingerprint density at radius 1 is 1.00 bits per heavy atom. The molecule has 2 N–H and O–H groups in total. The van der Waals surface area contributed by atoms with E-state index in [1.807, 2.05) is 0 Å². The molecule has 9 heavy (non-hydrogen) atoms. The van der Waals surface area contributed by atoms with Crippen LogP contribution in [0.4, 0.5) is 0 Å². The molecule has 0 aromatic carbocycles. The summed E-state index contributed by atoms with van der Waals surface area (Å²) >= 11 is 0. The molecule has 0 spiro atoms. The Morgan fingerprint density at radius 3 is 1.00 bits per heavy atom. The first-order valence-electron chi connectivity index (χ1n) is 1.86. The van der Waals surface area contributed by atoms with E-state index in [0.29, 0.717) is 0 Å². The number of aliphatic carboxylic acids is 2. The van der Waals surface area contributed by atoms with Crippen molar-refractivity contribution in [2.45, 2.75) is 13.8 Å². The Balaban J connectivity index is -0.0000000720. The van der Waals surface area contributed by atoms with Crippen LogP contribution in [0.1, 0.15) is 13.8 Å². The summed E-state index contributed by atoms with van der Waals surface area (Å²) in [5.41, 5.74) is 0. The number of rotatable bonds is 0. The average molecular weight is 221 g/mol. The summed E-state index contributed by atoms with van der Waals surface area (Å²) in [6.07, 6.45) is 0. The molecule has 0 heterocycles. The van der Waals surface area contributed by atoms with Gasteiger partial charge in [0, 0.05) is 33.3 Å². The van der Waals surface area contributed by atoms with Crippen molar-refractivity contribution in [1.29, 1.82) is 0 Å². The minimum Gasteiger partial charge on any atom is -0.481 e. The quantitative estimate of drug-likeness (QED) is 0.572. The smallest absolute Gasteiger partial charge is 0.300 e. The van der Waals surface area contributed by atoms with E-state index in [4.69, 9.17) is 19.8 Å². The van der Waals surface area contributed by atoms with Gasteiger partial charge in [0.05, 0.1) is 0 Å². The van der Waals surface area contributed by atoms with Crippen molar-refractivity contribution in [3.63, 3.8) is 0 Å². The number of carboxylic acids is 2. The first-order chi connectivity index (χ1) is 3.46. The van der Waals surface area contributed by atoms with Crippen LogP contribution in [0.5, 0.6) is 0 Å². The van der Waals surface area contributed by atoms with E-state index in [1.54, 1.807) is 0 Å². The van der Waals surface area contributed by atoms with Crippen molar-refractivity contribution in [1.82, 2.24) is 0 Å². The summed E-state index contributed by atoms with van der Waals surface area (Å²) in [4.78, 5) is 18.0. The fourth-order valence-corrected chi connectivity index (χ4v) is 0. The van der Waals surface area contributed by atoms with Gasteiger partial charge >= 0.3 is 0 Å². The van der Waals surface area contributed by atoms with Gasteiger partial charge in [-0.05, 0) is 0 Å². The largest absolute Gasteiger partial charge is 0.481 e. The second-order valence-electron chi connectivity index (χ2n) is 1.04. The first-order valence-corrected chi connectivity index (χ1v) is 1.86. The molecule has 5 heteroatoms. The predicted octanol–water partition coefficient (Wildman–Crippen LogP) is 0.179. The molecule has 0 saturated carbocycles. The van der Waals surface area contributed by atoms with Crippen LogP contribution < -0.4 is 0 Å².